The first-order valence-electron chi connectivity index (χ1n) is 9.10. The van der Waals surface area contributed by atoms with E-state index < -0.39 is 65.7 Å². The normalized spacial score (nSPS) is 27.1. The van der Waals surface area contributed by atoms with E-state index in [1.54, 1.807) is 0 Å². The van der Waals surface area contributed by atoms with Crippen molar-refractivity contribution in [2.24, 2.45) is 0 Å². The highest BCUT2D eigenvalue weighted by Crippen LogP contribution is 2.66. The van der Waals surface area contributed by atoms with Gasteiger partial charge >= 0.3 is 29.2 Å². The minimum atomic E-state index is -5.66. The number of aromatic nitrogens is 2. The van der Waals surface area contributed by atoms with Gasteiger partial charge in [-0.15, -0.1) is 6.58 Å². The number of rotatable bonds is 11. The largest absolute Gasteiger partial charge is 0.490 e. The van der Waals surface area contributed by atoms with Crippen LogP contribution in [0.25, 0.3) is 0 Å². The highest BCUT2D eigenvalue weighted by atomic mass is 31.3. The molecule has 2 rings (SSSR count). The first-order chi connectivity index (χ1) is 15.1. The van der Waals surface area contributed by atoms with E-state index in [0.29, 0.717) is 0 Å². The van der Waals surface area contributed by atoms with Crippen molar-refractivity contribution in [2.75, 3.05) is 6.61 Å². The number of aromatic amines is 1. The number of ether oxygens (including phenoxy) is 1. The van der Waals surface area contributed by atoms with E-state index >= 15 is 0 Å². The quantitative estimate of drug-likeness (QED) is 0.159. The number of aliphatic hydroxyl groups excluding tert-OH is 1. The van der Waals surface area contributed by atoms with Gasteiger partial charge in [0, 0.05) is 18.2 Å². The molecule has 1 aromatic heterocycles. The van der Waals surface area contributed by atoms with Crippen molar-refractivity contribution >= 4 is 23.5 Å². The summed E-state index contributed by atoms with van der Waals surface area (Å²) < 4.78 is 52.2. The van der Waals surface area contributed by atoms with E-state index in [1.165, 1.54) is 19.2 Å². The highest BCUT2D eigenvalue weighted by molar-refractivity contribution is 7.66. The van der Waals surface area contributed by atoms with Gasteiger partial charge in [-0.05, 0) is 13.3 Å². The van der Waals surface area contributed by atoms with Crippen LogP contribution in [0.5, 0.6) is 0 Å². The van der Waals surface area contributed by atoms with Crippen LogP contribution in [0, 0.1) is 6.92 Å². The summed E-state index contributed by atoms with van der Waals surface area (Å²) in [6, 6.07) is -0.956. The van der Waals surface area contributed by atoms with Crippen LogP contribution < -0.4 is 11.2 Å². The molecule has 0 amide bonds. The fourth-order valence-corrected chi connectivity index (χ4v) is 6.19. The van der Waals surface area contributed by atoms with Gasteiger partial charge in [0.1, 0.15) is 6.10 Å². The van der Waals surface area contributed by atoms with Crippen molar-refractivity contribution in [2.45, 2.75) is 44.1 Å². The zero-order valence-corrected chi connectivity index (χ0v) is 19.7. The summed E-state index contributed by atoms with van der Waals surface area (Å²) in [6.45, 7) is 4.35. The van der Waals surface area contributed by atoms with Crippen molar-refractivity contribution < 1.29 is 56.3 Å². The summed E-state index contributed by atoms with van der Waals surface area (Å²) in [4.78, 5) is 61.6. The van der Waals surface area contributed by atoms with Crippen LogP contribution in [-0.2, 0) is 31.6 Å². The summed E-state index contributed by atoms with van der Waals surface area (Å²) in [6.07, 6.45) is -0.513. The lowest BCUT2D eigenvalue weighted by Crippen LogP contribution is -2.40. The topological polar surface area (TPSA) is 244 Å². The molecule has 188 valence electrons. The maximum atomic E-state index is 12.2. The molecular formula is C14H23N2O14P3. The smallest absolute Gasteiger partial charge is 0.388 e. The van der Waals surface area contributed by atoms with Gasteiger partial charge in [-0.1, -0.05) is 6.08 Å². The minimum absolute atomic E-state index is 0.193. The van der Waals surface area contributed by atoms with E-state index in [1.807, 2.05) is 0 Å². The fraction of sp³-hybridized carbons (Fsp3) is 0.571. The minimum Gasteiger partial charge on any atom is -0.388 e. The van der Waals surface area contributed by atoms with E-state index in [2.05, 4.69) is 24.7 Å². The highest BCUT2D eigenvalue weighted by Gasteiger charge is 2.45. The van der Waals surface area contributed by atoms with Crippen LogP contribution >= 0.6 is 23.5 Å². The Balaban J connectivity index is 2.09. The molecule has 6 atom stereocenters. The Morgan fingerprint density at radius 3 is 2.36 bits per heavy atom. The van der Waals surface area contributed by atoms with Crippen molar-refractivity contribution in [1.82, 2.24) is 9.55 Å². The van der Waals surface area contributed by atoms with Gasteiger partial charge in [-0.3, -0.25) is 18.9 Å². The first kappa shape index (κ1) is 28.0. The van der Waals surface area contributed by atoms with E-state index in [9.17, 15) is 33.3 Å². The number of phosphoric ester groups is 1. The molecule has 16 nitrogen and oxygen atoms in total. The Bertz CT molecular complexity index is 1120. The standard InChI is InChI=1S/C14H23N2O14P3/c1-3-4-9-11(16-7-8(2)13(18)15-14(16)19)12(17)10(28-9)5-6-27-32(23,24)30-33(25,26)29-31(20,21)22/h3,7,9-12,17H,1,4-6H2,2H3,(H,23,24)(H,25,26)(H,15,18,19)(H2,20,21,22)/t9-,10-,11-,12-/m0/s1. The summed E-state index contributed by atoms with van der Waals surface area (Å²) in [7, 11) is -16.5. The van der Waals surface area contributed by atoms with Crippen molar-refractivity contribution in [1.29, 1.82) is 0 Å². The molecule has 0 spiro atoms. The SMILES string of the molecule is C=CC[C@@H]1O[C@@H](CCOP(=O)(O)OP(=O)(O)OP(=O)(O)O)[C@H](O)[C@H]1n1cc(C)c(=O)[nH]c1=O. The molecule has 1 aliphatic rings. The molecule has 19 heteroatoms. The van der Waals surface area contributed by atoms with Crippen LogP contribution in [0.2, 0.25) is 0 Å². The Hall–Kier alpha value is -1.25. The number of phosphoric acid groups is 3. The maximum Gasteiger partial charge on any atom is 0.490 e. The molecule has 33 heavy (non-hydrogen) atoms. The molecule has 1 aromatic rings. The molecule has 0 aromatic carbocycles. The van der Waals surface area contributed by atoms with Crippen LogP contribution in [-0.4, -0.2) is 59.2 Å². The summed E-state index contributed by atoms with van der Waals surface area (Å²) in [5.41, 5.74) is -1.19. The molecule has 6 N–H and O–H groups in total. The van der Waals surface area contributed by atoms with Crippen LogP contribution in [0.1, 0.15) is 24.4 Å². The third-order valence-electron chi connectivity index (χ3n) is 4.40. The average molecular weight is 536 g/mol. The number of nitrogens with one attached hydrogen (secondary N) is 1. The molecule has 0 radical (unpaired) electrons. The lowest BCUT2D eigenvalue weighted by atomic mass is 10.0. The maximum absolute atomic E-state index is 12.2. The number of hydrogen-bond acceptors (Lipinski definition) is 10. The Kier molecular flexibility index (Phi) is 8.96. The molecule has 1 aliphatic heterocycles. The number of nitrogens with zero attached hydrogens (tertiary/aromatic N) is 1. The van der Waals surface area contributed by atoms with Crippen molar-refractivity contribution in [3.8, 4) is 0 Å². The predicted octanol–water partition coefficient (Wildman–Crippen LogP) is -0.176. The van der Waals surface area contributed by atoms with Gasteiger partial charge in [-0.2, -0.15) is 8.62 Å². The van der Waals surface area contributed by atoms with Gasteiger partial charge in [0.2, 0.25) is 0 Å². The molecule has 0 aliphatic carbocycles. The third-order valence-corrected chi connectivity index (χ3v) is 8.24. The van der Waals surface area contributed by atoms with Crippen LogP contribution in [0.4, 0.5) is 0 Å². The molecule has 2 heterocycles. The number of aliphatic hydroxyl groups is 1. The molecule has 1 fully saturated rings. The Morgan fingerprint density at radius 1 is 1.15 bits per heavy atom. The lowest BCUT2D eigenvalue weighted by Gasteiger charge is -2.22. The van der Waals surface area contributed by atoms with E-state index in [4.69, 9.17) is 19.4 Å². The zero-order chi connectivity index (χ0) is 25.2. The molecule has 1 saturated heterocycles. The molecule has 2 unspecified atom stereocenters. The second-order valence-corrected chi connectivity index (χ2v) is 11.3. The van der Waals surface area contributed by atoms with E-state index in [0.717, 1.165) is 4.57 Å². The Labute approximate surface area is 185 Å². The van der Waals surface area contributed by atoms with Gasteiger partial charge in [0.15, 0.2) is 0 Å². The lowest BCUT2D eigenvalue weighted by molar-refractivity contribution is -0.00211. The average Bonchev–Trinajstić information content (AvgIpc) is 2.91. The third kappa shape index (κ3) is 7.89. The van der Waals surface area contributed by atoms with Gasteiger partial charge < -0.3 is 29.4 Å². The molecule has 0 saturated carbocycles. The second-order valence-electron chi connectivity index (χ2n) is 6.91. The monoisotopic (exact) mass is 536 g/mol. The predicted molar refractivity (Wildman–Crippen MR) is 109 cm³/mol. The number of hydrogen-bond donors (Lipinski definition) is 6. The van der Waals surface area contributed by atoms with Crippen LogP contribution in [0.3, 0.4) is 0 Å². The fourth-order valence-electron chi connectivity index (χ4n) is 3.16. The van der Waals surface area contributed by atoms with Crippen molar-refractivity contribution in [3.05, 3.63) is 45.3 Å². The number of H-pyrrole nitrogens is 1. The Morgan fingerprint density at radius 2 is 1.79 bits per heavy atom. The molecule has 0 bridgehead atoms. The zero-order valence-electron chi connectivity index (χ0n) is 17.0. The molecular weight excluding hydrogens is 513 g/mol. The second kappa shape index (κ2) is 10.6. The summed E-state index contributed by atoms with van der Waals surface area (Å²) in [5.74, 6) is 0. The van der Waals surface area contributed by atoms with Gasteiger partial charge in [-0.25, -0.2) is 18.5 Å². The first-order valence-corrected chi connectivity index (χ1v) is 13.6. The van der Waals surface area contributed by atoms with Crippen LogP contribution in [0.15, 0.2) is 28.4 Å². The van der Waals surface area contributed by atoms with Crippen molar-refractivity contribution in [3.63, 3.8) is 0 Å². The summed E-state index contributed by atoms with van der Waals surface area (Å²) in [5, 5.41) is 10.7. The number of aryl methyl sites for hydroxylation is 1. The van der Waals surface area contributed by atoms with Gasteiger partial charge in [0.05, 0.1) is 24.9 Å². The van der Waals surface area contributed by atoms with Gasteiger partial charge in [0.25, 0.3) is 5.56 Å². The summed E-state index contributed by atoms with van der Waals surface area (Å²) >= 11 is 0. The van der Waals surface area contributed by atoms with E-state index in [-0.39, 0.29) is 18.4 Å².